The van der Waals surface area contributed by atoms with E-state index in [-0.39, 0.29) is 11.8 Å². The summed E-state index contributed by atoms with van der Waals surface area (Å²) in [4.78, 5) is 12.5. The Balaban J connectivity index is 1.76. The molecule has 2 aromatic rings. The second-order valence-electron chi connectivity index (χ2n) is 5.12. The summed E-state index contributed by atoms with van der Waals surface area (Å²) in [6, 6.07) is 15.3. The van der Waals surface area contributed by atoms with Gasteiger partial charge in [0.2, 0.25) is 5.91 Å². The van der Waals surface area contributed by atoms with E-state index in [4.69, 9.17) is 10.5 Å². The molecule has 0 radical (unpaired) electrons. The van der Waals surface area contributed by atoms with Gasteiger partial charge in [-0.05, 0) is 30.2 Å². The second kappa shape index (κ2) is 5.97. The highest BCUT2D eigenvalue weighted by Crippen LogP contribution is 2.34. The summed E-state index contributed by atoms with van der Waals surface area (Å²) in [6.07, 6.45) is 0.698. The fourth-order valence-corrected chi connectivity index (χ4v) is 2.57. The monoisotopic (exact) mass is 282 g/mol. The van der Waals surface area contributed by atoms with Gasteiger partial charge in [0.25, 0.3) is 0 Å². The Labute approximate surface area is 123 Å². The second-order valence-corrected chi connectivity index (χ2v) is 5.12. The number of nitrogens with two attached hydrogens (primary N) is 1. The number of anilines is 1. The Morgan fingerprint density at radius 2 is 1.95 bits per heavy atom. The number of benzene rings is 2. The van der Waals surface area contributed by atoms with Crippen molar-refractivity contribution in [3.63, 3.8) is 0 Å². The molecular formula is C17H18N2O2. The molecule has 3 N–H and O–H groups in total. The van der Waals surface area contributed by atoms with Crippen LogP contribution in [0.4, 0.5) is 5.69 Å². The summed E-state index contributed by atoms with van der Waals surface area (Å²) < 4.78 is 5.59. The summed E-state index contributed by atoms with van der Waals surface area (Å²) in [7, 11) is 0. The van der Waals surface area contributed by atoms with Crippen molar-refractivity contribution in [1.29, 1.82) is 0 Å². The number of para-hydroxylation sites is 1. The van der Waals surface area contributed by atoms with Crippen molar-refractivity contribution in [3.05, 3.63) is 59.7 Å². The minimum Gasteiger partial charge on any atom is -0.493 e. The predicted octanol–water partition coefficient (Wildman–Crippen LogP) is 2.65. The van der Waals surface area contributed by atoms with Crippen LogP contribution < -0.4 is 15.8 Å². The Kier molecular flexibility index (Phi) is 3.88. The lowest BCUT2D eigenvalue weighted by atomic mass is 9.92. The van der Waals surface area contributed by atoms with Gasteiger partial charge < -0.3 is 15.8 Å². The summed E-state index contributed by atoms with van der Waals surface area (Å²) in [5, 5.41) is 2.97. The largest absolute Gasteiger partial charge is 0.493 e. The van der Waals surface area contributed by atoms with E-state index < -0.39 is 0 Å². The molecular weight excluding hydrogens is 264 g/mol. The normalized spacial score (nSPS) is 16.7. The first-order chi connectivity index (χ1) is 10.3. The first-order valence-corrected chi connectivity index (χ1v) is 7.09. The van der Waals surface area contributed by atoms with Gasteiger partial charge in [-0.1, -0.05) is 30.3 Å². The summed E-state index contributed by atoms with van der Waals surface area (Å²) in [5.41, 5.74) is 8.37. The highest BCUT2D eigenvalue weighted by atomic mass is 16.5. The third kappa shape index (κ3) is 2.90. The van der Waals surface area contributed by atoms with Gasteiger partial charge in [0.1, 0.15) is 5.75 Å². The van der Waals surface area contributed by atoms with Gasteiger partial charge in [-0.2, -0.15) is 0 Å². The number of carbonyl (C=O) groups excluding carboxylic acids is 1. The van der Waals surface area contributed by atoms with Gasteiger partial charge in [0.05, 0.1) is 12.5 Å². The molecule has 0 bridgehead atoms. The zero-order chi connectivity index (χ0) is 14.7. The van der Waals surface area contributed by atoms with Crippen molar-refractivity contribution in [2.24, 2.45) is 5.73 Å². The van der Waals surface area contributed by atoms with Crippen LogP contribution in [0.1, 0.15) is 23.5 Å². The van der Waals surface area contributed by atoms with Gasteiger partial charge in [-0.3, -0.25) is 4.79 Å². The maximum atomic E-state index is 12.5. The topological polar surface area (TPSA) is 64.3 Å². The number of hydrogen-bond acceptors (Lipinski definition) is 3. The van der Waals surface area contributed by atoms with Crippen molar-refractivity contribution < 1.29 is 9.53 Å². The van der Waals surface area contributed by atoms with Crippen molar-refractivity contribution in [1.82, 2.24) is 0 Å². The molecule has 1 atom stereocenters. The van der Waals surface area contributed by atoms with E-state index in [1.165, 1.54) is 0 Å². The molecule has 0 saturated heterocycles. The van der Waals surface area contributed by atoms with Gasteiger partial charge in [-0.15, -0.1) is 0 Å². The lowest BCUT2D eigenvalue weighted by Gasteiger charge is -2.25. The van der Waals surface area contributed by atoms with Crippen LogP contribution in [0.2, 0.25) is 0 Å². The van der Waals surface area contributed by atoms with E-state index in [0.29, 0.717) is 19.6 Å². The SMILES string of the molecule is NCc1ccc(NC(=O)C2CCOc3ccccc32)cc1. The molecule has 0 aromatic heterocycles. The van der Waals surface area contributed by atoms with Crippen LogP contribution in [0, 0.1) is 0 Å². The van der Waals surface area contributed by atoms with E-state index in [1.54, 1.807) is 0 Å². The third-order valence-electron chi connectivity index (χ3n) is 3.73. The van der Waals surface area contributed by atoms with Crippen molar-refractivity contribution >= 4 is 11.6 Å². The number of rotatable bonds is 3. The molecule has 4 nitrogen and oxygen atoms in total. The van der Waals surface area contributed by atoms with E-state index in [0.717, 1.165) is 22.6 Å². The standard InChI is InChI=1S/C17H18N2O2/c18-11-12-5-7-13(8-6-12)19-17(20)15-9-10-21-16-4-2-1-3-14(15)16/h1-8,15H,9-11,18H2,(H,19,20). The molecule has 0 spiro atoms. The van der Waals surface area contributed by atoms with Crippen LogP contribution in [-0.4, -0.2) is 12.5 Å². The van der Waals surface area contributed by atoms with Crippen LogP contribution >= 0.6 is 0 Å². The summed E-state index contributed by atoms with van der Waals surface area (Å²) >= 11 is 0. The maximum absolute atomic E-state index is 12.5. The Bertz CT molecular complexity index is 637. The predicted molar refractivity (Wildman–Crippen MR) is 82.3 cm³/mol. The number of fused-ring (bicyclic) bond motifs is 1. The molecule has 4 heteroatoms. The minimum atomic E-state index is -0.163. The molecule has 1 aliphatic rings. The van der Waals surface area contributed by atoms with Gasteiger partial charge in [0, 0.05) is 17.8 Å². The number of ether oxygens (including phenoxy) is 1. The average molecular weight is 282 g/mol. The first-order valence-electron chi connectivity index (χ1n) is 7.09. The fourth-order valence-electron chi connectivity index (χ4n) is 2.57. The van der Waals surface area contributed by atoms with E-state index in [9.17, 15) is 4.79 Å². The lowest BCUT2D eigenvalue weighted by Crippen LogP contribution is -2.26. The maximum Gasteiger partial charge on any atom is 0.232 e. The van der Waals surface area contributed by atoms with Gasteiger partial charge >= 0.3 is 0 Å². The highest BCUT2D eigenvalue weighted by molar-refractivity contribution is 5.96. The van der Waals surface area contributed by atoms with E-state index in [2.05, 4.69) is 5.32 Å². The zero-order valence-corrected chi connectivity index (χ0v) is 11.7. The highest BCUT2D eigenvalue weighted by Gasteiger charge is 2.27. The fraction of sp³-hybridized carbons (Fsp3) is 0.235. The number of nitrogens with one attached hydrogen (secondary N) is 1. The molecule has 3 rings (SSSR count). The van der Waals surface area contributed by atoms with Crippen LogP contribution in [0.5, 0.6) is 5.75 Å². The minimum absolute atomic E-state index is 0.00579. The molecule has 2 aromatic carbocycles. The molecule has 0 saturated carbocycles. The first kappa shape index (κ1) is 13.6. The molecule has 1 amide bonds. The molecule has 0 fully saturated rings. The number of carbonyl (C=O) groups is 1. The Morgan fingerprint density at radius 1 is 1.19 bits per heavy atom. The summed E-state index contributed by atoms with van der Waals surface area (Å²) in [5.74, 6) is 0.651. The smallest absolute Gasteiger partial charge is 0.232 e. The van der Waals surface area contributed by atoms with E-state index >= 15 is 0 Å². The van der Waals surface area contributed by atoms with E-state index in [1.807, 2.05) is 48.5 Å². The molecule has 0 aliphatic carbocycles. The molecule has 108 valence electrons. The van der Waals surface area contributed by atoms with Gasteiger partial charge in [0.15, 0.2) is 0 Å². The quantitative estimate of drug-likeness (QED) is 0.909. The molecule has 21 heavy (non-hydrogen) atoms. The number of hydrogen-bond donors (Lipinski definition) is 2. The zero-order valence-electron chi connectivity index (χ0n) is 11.7. The van der Waals surface area contributed by atoms with Crippen LogP contribution in [0.25, 0.3) is 0 Å². The van der Waals surface area contributed by atoms with Crippen LogP contribution in [0.3, 0.4) is 0 Å². The van der Waals surface area contributed by atoms with Crippen LogP contribution in [0.15, 0.2) is 48.5 Å². The molecule has 1 aliphatic heterocycles. The van der Waals surface area contributed by atoms with Crippen molar-refractivity contribution in [2.45, 2.75) is 18.9 Å². The number of amides is 1. The van der Waals surface area contributed by atoms with Crippen LogP contribution in [-0.2, 0) is 11.3 Å². The third-order valence-corrected chi connectivity index (χ3v) is 3.73. The Hall–Kier alpha value is -2.33. The lowest BCUT2D eigenvalue weighted by molar-refractivity contribution is -0.118. The van der Waals surface area contributed by atoms with Crippen molar-refractivity contribution in [3.8, 4) is 5.75 Å². The molecule has 1 heterocycles. The Morgan fingerprint density at radius 3 is 2.71 bits per heavy atom. The molecule has 1 unspecified atom stereocenters. The van der Waals surface area contributed by atoms with Crippen molar-refractivity contribution in [2.75, 3.05) is 11.9 Å². The summed E-state index contributed by atoms with van der Waals surface area (Å²) in [6.45, 7) is 1.07. The average Bonchev–Trinajstić information content (AvgIpc) is 2.55. The van der Waals surface area contributed by atoms with Gasteiger partial charge in [-0.25, -0.2) is 0 Å².